The van der Waals surface area contributed by atoms with Gasteiger partial charge >= 0.3 is 39.5 Å². The van der Waals surface area contributed by atoms with Crippen molar-refractivity contribution >= 4 is 39.5 Å². The number of carbonyl (C=O) groups excluding carboxylic acids is 4. The molecule has 5 unspecified atom stereocenters. The SMILES string of the molecule is CC/C=C\C/C=C\C/C=C\C/C=C\C/C=C\CC(=O)OCC(COP(=O)(O)OCC(O)COP(=O)(O)OCC(COC(=O)CCCCCCC/C=C\C/C=C\C/C=C\CC)OC(=O)CCCCCCC/C=C\C/C=C\C/C=C\CC)OC(=O)CCCC/C=C\C/C=C\C/C=C\C/C=C\CC. The highest BCUT2D eigenvalue weighted by Gasteiger charge is 2.30. The first-order chi connectivity index (χ1) is 48.7. The summed E-state index contributed by atoms with van der Waals surface area (Å²) in [5.41, 5.74) is 0. The van der Waals surface area contributed by atoms with E-state index in [0.29, 0.717) is 32.1 Å². The Morgan fingerprint density at radius 1 is 0.290 bits per heavy atom. The molecule has 19 heteroatoms. The van der Waals surface area contributed by atoms with E-state index in [1.807, 2.05) is 24.3 Å². The van der Waals surface area contributed by atoms with Crippen molar-refractivity contribution in [2.45, 2.75) is 264 Å². The summed E-state index contributed by atoms with van der Waals surface area (Å²) in [7, 11) is -10.0. The fourth-order valence-electron chi connectivity index (χ4n) is 8.90. The number of aliphatic hydroxyl groups is 1. The molecule has 0 aromatic rings. The van der Waals surface area contributed by atoms with Gasteiger partial charge in [0.05, 0.1) is 32.8 Å². The second kappa shape index (κ2) is 71.6. The molecule has 0 rings (SSSR count). The summed E-state index contributed by atoms with van der Waals surface area (Å²) in [5.74, 6) is -2.43. The van der Waals surface area contributed by atoms with Crippen molar-refractivity contribution in [3.05, 3.63) is 182 Å². The van der Waals surface area contributed by atoms with Gasteiger partial charge in [-0.25, -0.2) is 9.13 Å². The monoisotopic (exact) mass is 1430 g/mol. The highest BCUT2D eigenvalue weighted by atomic mass is 31.2. The number of unbranched alkanes of at least 4 members (excludes halogenated alkanes) is 12. The summed E-state index contributed by atoms with van der Waals surface area (Å²) in [4.78, 5) is 72.8. The van der Waals surface area contributed by atoms with Gasteiger partial charge in [-0.2, -0.15) is 0 Å². The number of allylic oxidation sites excluding steroid dienone is 29. The van der Waals surface area contributed by atoms with Gasteiger partial charge in [0.15, 0.2) is 12.2 Å². The number of esters is 4. The Bertz CT molecular complexity index is 2620. The van der Waals surface area contributed by atoms with E-state index >= 15 is 0 Å². The Balaban J connectivity index is 5.51. The highest BCUT2D eigenvalue weighted by Crippen LogP contribution is 2.45. The van der Waals surface area contributed by atoms with E-state index in [0.717, 1.165) is 161 Å². The first-order valence-electron chi connectivity index (χ1n) is 37.0. The lowest BCUT2D eigenvalue weighted by atomic mass is 10.1. The minimum absolute atomic E-state index is 0.0154. The van der Waals surface area contributed by atoms with Crippen molar-refractivity contribution < 1.29 is 80.2 Å². The van der Waals surface area contributed by atoms with E-state index in [1.54, 1.807) is 6.08 Å². The molecule has 0 amide bonds. The summed E-state index contributed by atoms with van der Waals surface area (Å²) >= 11 is 0. The number of phosphoric ester groups is 2. The van der Waals surface area contributed by atoms with Crippen LogP contribution in [0.25, 0.3) is 0 Å². The van der Waals surface area contributed by atoms with Gasteiger partial charge in [0, 0.05) is 19.3 Å². The van der Waals surface area contributed by atoms with Gasteiger partial charge in [0.25, 0.3) is 0 Å². The van der Waals surface area contributed by atoms with Crippen LogP contribution in [0, 0.1) is 0 Å². The van der Waals surface area contributed by atoms with Crippen LogP contribution < -0.4 is 0 Å². The molecular formula is C81H128O17P2. The van der Waals surface area contributed by atoms with Gasteiger partial charge in [0.1, 0.15) is 19.3 Å². The van der Waals surface area contributed by atoms with E-state index in [2.05, 4.69) is 180 Å². The molecule has 0 aromatic carbocycles. The smallest absolute Gasteiger partial charge is 0.462 e. The average Bonchev–Trinajstić information content (AvgIpc) is 1.01. The van der Waals surface area contributed by atoms with Crippen LogP contribution in [0.4, 0.5) is 0 Å². The first-order valence-corrected chi connectivity index (χ1v) is 40.0. The van der Waals surface area contributed by atoms with Crippen molar-refractivity contribution in [3.8, 4) is 0 Å². The Morgan fingerprint density at radius 3 is 0.860 bits per heavy atom. The maximum absolute atomic E-state index is 13.1. The zero-order chi connectivity index (χ0) is 73.2. The van der Waals surface area contributed by atoms with E-state index < -0.39 is 97.5 Å². The van der Waals surface area contributed by atoms with Crippen LogP contribution in [0.3, 0.4) is 0 Å². The molecule has 0 heterocycles. The van der Waals surface area contributed by atoms with Crippen LogP contribution in [0.1, 0.15) is 246 Å². The van der Waals surface area contributed by atoms with Gasteiger partial charge < -0.3 is 33.8 Å². The minimum atomic E-state index is -5.02. The van der Waals surface area contributed by atoms with E-state index in [4.69, 9.17) is 37.0 Å². The topological polar surface area (TPSA) is 237 Å². The number of phosphoric acid groups is 2. The summed E-state index contributed by atoms with van der Waals surface area (Å²) in [6, 6.07) is 0. The molecule has 5 atom stereocenters. The molecule has 0 radical (unpaired) electrons. The van der Waals surface area contributed by atoms with Crippen molar-refractivity contribution in [2.75, 3.05) is 39.6 Å². The van der Waals surface area contributed by atoms with Crippen molar-refractivity contribution in [2.24, 2.45) is 0 Å². The zero-order valence-electron chi connectivity index (χ0n) is 61.3. The zero-order valence-corrected chi connectivity index (χ0v) is 63.1. The molecule has 100 heavy (non-hydrogen) atoms. The Labute approximate surface area is 603 Å². The summed E-state index contributed by atoms with van der Waals surface area (Å²) < 4.78 is 68.2. The normalized spacial score (nSPS) is 15.0. The van der Waals surface area contributed by atoms with E-state index in [9.17, 15) is 43.2 Å². The lowest BCUT2D eigenvalue weighted by Crippen LogP contribution is -2.30. The maximum atomic E-state index is 13.1. The quantitative estimate of drug-likeness (QED) is 0.0169. The number of carbonyl (C=O) groups is 4. The molecule has 0 aliphatic carbocycles. The largest absolute Gasteiger partial charge is 0.472 e. The molecule has 0 aliphatic rings. The molecule has 0 aliphatic heterocycles. The molecule has 0 saturated carbocycles. The first kappa shape index (κ1) is 94.2. The minimum Gasteiger partial charge on any atom is -0.462 e. The Hall–Kier alpha value is -5.84. The van der Waals surface area contributed by atoms with E-state index in [1.165, 1.54) is 0 Å². The average molecular weight is 1440 g/mol. The van der Waals surface area contributed by atoms with Crippen LogP contribution in [0.15, 0.2) is 182 Å². The second-order valence-corrected chi connectivity index (χ2v) is 26.6. The third kappa shape index (κ3) is 70.6. The van der Waals surface area contributed by atoms with E-state index in [-0.39, 0.29) is 25.7 Å². The van der Waals surface area contributed by atoms with Crippen LogP contribution in [-0.4, -0.2) is 96.7 Å². The Morgan fingerprint density at radius 2 is 0.530 bits per heavy atom. The molecule has 564 valence electrons. The van der Waals surface area contributed by atoms with Crippen molar-refractivity contribution in [3.63, 3.8) is 0 Å². The Kier molecular flexibility index (Phi) is 67.4. The number of aliphatic hydroxyl groups excluding tert-OH is 1. The lowest BCUT2D eigenvalue weighted by molar-refractivity contribution is -0.161. The number of hydrogen-bond donors (Lipinski definition) is 3. The molecule has 17 nitrogen and oxygen atoms in total. The molecule has 0 spiro atoms. The highest BCUT2D eigenvalue weighted by molar-refractivity contribution is 7.47. The molecule has 0 fully saturated rings. The number of hydrogen-bond acceptors (Lipinski definition) is 15. The molecule has 3 N–H and O–H groups in total. The van der Waals surface area contributed by atoms with Crippen molar-refractivity contribution in [1.29, 1.82) is 0 Å². The molecule has 0 aromatic heterocycles. The number of rotatable bonds is 67. The molecular weight excluding hydrogens is 1310 g/mol. The second-order valence-electron chi connectivity index (χ2n) is 23.7. The fourth-order valence-corrected chi connectivity index (χ4v) is 10.5. The van der Waals surface area contributed by atoms with Gasteiger partial charge in [-0.1, -0.05) is 249 Å². The summed E-state index contributed by atoms with van der Waals surface area (Å²) in [6.07, 6.45) is 85.0. The van der Waals surface area contributed by atoms with Crippen LogP contribution in [-0.2, 0) is 65.4 Å². The van der Waals surface area contributed by atoms with Gasteiger partial charge in [-0.05, 0) is 154 Å². The van der Waals surface area contributed by atoms with Crippen LogP contribution >= 0.6 is 15.6 Å². The van der Waals surface area contributed by atoms with Gasteiger partial charge in [-0.3, -0.25) is 37.3 Å². The fraction of sp³-hybridized carbons (Fsp3) is 0.580. The van der Waals surface area contributed by atoms with Gasteiger partial charge in [-0.15, -0.1) is 0 Å². The van der Waals surface area contributed by atoms with Crippen molar-refractivity contribution in [1.82, 2.24) is 0 Å². The van der Waals surface area contributed by atoms with Crippen LogP contribution in [0.2, 0.25) is 0 Å². The predicted octanol–water partition coefficient (Wildman–Crippen LogP) is 21.2. The standard InChI is InChI=1S/C81H128O17P2/c1-5-9-13-17-21-25-29-33-37-41-45-49-53-57-61-65-78(83)91-71-76(97-80(85)67-63-59-55-51-47-43-39-35-31-27-23-19-15-11-7-3)73-95-99(87,88)93-69-75(82)70-94-100(89,90)96-74-77(98-81(86)68-64-60-56-52-48-44-40-36-32-28-24-20-16-12-8-4)72-92-79(84)66-62-58-54-50-46-42-38-34-30-26-22-18-14-10-6-2/h9-16,21-28,33-40,45,47,49,51,57,61,75-77,82H,5-8,17-20,29-32,41-44,46,48,50,52-56,58-60,62-74H2,1-4H3,(H,87,88)(H,89,90)/b13-9-,14-10-,15-11-,16-12-,25-21-,26-22-,27-23-,28-24-,37-33-,38-34-,39-35-,40-36-,49-45-,51-47-,61-57-. The third-order valence-electron chi connectivity index (χ3n) is 14.4. The number of ether oxygens (including phenoxy) is 4. The predicted molar refractivity (Wildman–Crippen MR) is 408 cm³/mol. The van der Waals surface area contributed by atoms with Crippen LogP contribution in [0.5, 0.6) is 0 Å². The summed E-state index contributed by atoms with van der Waals surface area (Å²) in [5, 5.41) is 10.6. The lowest BCUT2D eigenvalue weighted by Gasteiger charge is -2.21. The molecule has 0 saturated heterocycles. The maximum Gasteiger partial charge on any atom is 0.472 e. The van der Waals surface area contributed by atoms with Gasteiger partial charge in [0.2, 0.25) is 0 Å². The third-order valence-corrected chi connectivity index (χ3v) is 16.3. The summed E-state index contributed by atoms with van der Waals surface area (Å²) in [6.45, 7) is 4.17. The molecule has 0 bridgehead atoms.